The highest BCUT2D eigenvalue weighted by atomic mass is 32.2. The van der Waals surface area contributed by atoms with Crippen LogP contribution < -0.4 is 0 Å². The van der Waals surface area contributed by atoms with Crippen molar-refractivity contribution in [1.29, 1.82) is 0 Å². The lowest BCUT2D eigenvalue weighted by molar-refractivity contribution is -0.140. The number of aryl methyl sites for hydroxylation is 1. The van der Waals surface area contributed by atoms with Gasteiger partial charge in [-0.2, -0.15) is 4.31 Å². The second-order valence-corrected chi connectivity index (χ2v) is 6.43. The molecule has 0 spiro atoms. The van der Waals surface area contributed by atoms with Gasteiger partial charge in [-0.05, 0) is 30.9 Å². The third kappa shape index (κ3) is 2.50. The Morgan fingerprint density at radius 1 is 1.42 bits per heavy atom. The van der Waals surface area contributed by atoms with Crippen LogP contribution in [0.2, 0.25) is 0 Å². The smallest absolute Gasteiger partial charge is 0.322 e. The van der Waals surface area contributed by atoms with Crippen LogP contribution in [0.4, 0.5) is 0 Å². The summed E-state index contributed by atoms with van der Waals surface area (Å²) in [5, 5.41) is 9.11. The predicted molar refractivity (Wildman–Crippen MR) is 70.4 cm³/mol. The van der Waals surface area contributed by atoms with Crippen molar-refractivity contribution < 1.29 is 18.3 Å². The third-order valence-electron chi connectivity index (χ3n) is 3.43. The molecular formula is C13H17NO4S. The van der Waals surface area contributed by atoms with Crippen molar-refractivity contribution in [2.24, 2.45) is 0 Å². The van der Waals surface area contributed by atoms with Crippen molar-refractivity contribution >= 4 is 16.0 Å². The summed E-state index contributed by atoms with van der Waals surface area (Å²) in [6.07, 6.45) is 1.56. The fourth-order valence-corrected chi connectivity index (χ4v) is 4.40. The van der Waals surface area contributed by atoms with Crippen molar-refractivity contribution in [3.05, 3.63) is 29.8 Å². The average molecular weight is 283 g/mol. The molecule has 0 aliphatic carbocycles. The van der Waals surface area contributed by atoms with Gasteiger partial charge in [0, 0.05) is 6.54 Å². The molecule has 1 atom stereocenters. The van der Waals surface area contributed by atoms with E-state index < -0.39 is 22.0 Å². The van der Waals surface area contributed by atoms with E-state index in [0.717, 1.165) is 9.87 Å². The molecule has 0 bridgehead atoms. The minimum absolute atomic E-state index is 0.227. The number of sulfonamides is 1. The van der Waals surface area contributed by atoms with Gasteiger partial charge in [0.2, 0.25) is 10.0 Å². The van der Waals surface area contributed by atoms with Gasteiger partial charge in [0.25, 0.3) is 0 Å². The third-order valence-corrected chi connectivity index (χ3v) is 5.44. The van der Waals surface area contributed by atoms with Gasteiger partial charge >= 0.3 is 5.97 Å². The van der Waals surface area contributed by atoms with Crippen molar-refractivity contribution in [2.45, 2.75) is 37.1 Å². The molecule has 1 N–H and O–H groups in total. The number of hydrogen-bond acceptors (Lipinski definition) is 3. The first kappa shape index (κ1) is 14.0. The minimum Gasteiger partial charge on any atom is -0.480 e. The molecule has 1 aromatic rings. The lowest BCUT2D eigenvalue weighted by Gasteiger charge is -2.22. The number of hydrogen-bond donors (Lipinski definition) is 1. The van der Waals surface area contributed by atoms with E-state index in [1.807, 2.05) is 6.92 Å². The highest BCUT2D eigenvalue weighted by Gasteiger charge is 2.39. The number of carbonyl (C=O) groups is 1. The van der Waals surface area contributed by atoms with Crippen LogP contribution in [0.15, 0.2) is 29.2 Å². The quantitative estimate of drug-likeness (QED) is 0.908. The molecule has 1 heterocycles. The Bertz CT molecular complexity index is 582. The van der Waals surface area contributed by atoms with Gasteiger partial charge in [0.05, 0.1) is 4.90 Å². The lowest BCUT2D eigenvalue weighted by Crippen LogP contribution is -2.40. The second-order valence-electron chi connectivity index (χ2n) is 4.57. The first-order valence-corrected chi connectivity index (χ1v) is 7.75. The first-order valence-electron chi connectivity index (χ1n) is 6.31. The predicted octanol–water partition coefficient (Wildman–Crippen LogP) is 1.49. The van der Waals surface area contributed by atoms with Crippen LogP contribution in [-0.2, 0) is 21.2 Å². The Morgan fingerprint density at radius 3 is 2.74 bits per heavy atom. The molecular weight excluding hydrogens is 266 g/mol. The summed E-state index contributed by atoms with van der Waals surface area (Å²) in [5.74, 6) is -1.07. The largest absolute Gasteiger partial charge is 0.480 e. The van der Waals surface area contributed by atoms with Crippen molar-refractivity contribution in [1.82, 2.24) is 4.31 Å². The molecule has 1 aromatic carbocycles. The molecule has 0 amide bonds. The molecule has 0 radical (unpaired) electrons. The number of rotatable bonds is 4. The first-order chi connectivity index (χ1) is 8.98. The van der Waals surface area contributed by atoms with Gasteiger partial charge in [-0.25, -0.2) is 8.42 Å². The van der Waals surface area contributed by atoms with Crippen LogP contribution in [-0.4, -0.2) is 36.4 Å². The number of nitrogens with zero attached hydrogens (tertiary/aromatic N) is 1. The fourth-order valence-electron chi connectivity index (χ4n) is 2.45. The molecule has 1 saturated heterocycles. The second kappa shape index (κ2) is 5.30. The van der Waals surface area contributed by atoms with Gasteiger partial charge in [-0.15, -0.1) is 0 Å². The van der Waals surface area contributed by atoms with E-state index in [4.69, 9.17) is 5.11 Å². The molecule has 0 saturated carbocycles. The molecule has 0 aromatic heterocycles. The van der Waals surface area contributed by atoms with E-state index in [1.54, 1.807) is 24.3 Å². The lowest BCUT2D eigenvalue weighted by atomic mass is 10.2. The summed E-state index contributed by atoms with van der Waals surface area (Å²) in [4.78, 5) is 11.4. The number of carboxylic acids is 1. The molecule has 5 nitrogen and oxygen atoms in total. The van der Waals surface area contributed by atoms with E-state index in [-0.39, 0.29) is 11.4 Å². The van der Waals surface area contributed by atoms with Crippen LogP contribution in [0, 0.1) is 0 Å². The van der Waals surface area contributed by atoms with Gasteiger partial charge in [-0.3, -0.25) is 4.79 Å². The van der Waals surface area contributed by atoms with Crippen LogP contribution in [0.25, 0.3) is 0 Å². The van der Waals surface area contributed by atoms with Crippen LogP contribution in [0.5, 0.6) is 0 Å². The standard InChI is InChI=1S/C13H17NO4S/c1-2-10-6-3-4-8-12(10)19(17,18)14-9-5-7-11(14)13(15)16/h3-4,6,8,11H,2,5,7,9H2,1H3,(H,15,16)/t11-/m1/s1. The van der Waals surface area contributed by atoms with E-state index in [0.29, 0.717) is 19.3 Å². The summed E-state index contributed by atoms with van der Waals surface area (Å²) in [6.45, 7) is 2.16. The Morgan fingerprint density at radius 2 is 2.11 bits per heavy atom. The van der Waals surface area contributed by atoms with Crippen LogP contribution in [0.1, 0.15) is 25.3 Å². The topological polar surface area (TPSA) is 74.7 Å². The maximum atomic E-state index is 12.6. The maximum absolute atomic E-state index is 12.6. The van der Waals surface area contributed by atoms with E-state index in [1.165, 1.54) is 0 Å². The maximum Gasteiger partial charge on any atom is 0.322 e. The molecule has 1 aliphatic heterocycles. The number of aliphatic carboxylic acids is 1. The fraction of sp³-hybridized carbons (Fsp3) is 0.462. The number of carboxylic acid groups (broad SMARTS) is 1. The zero-order valence-corrected chi connectivity index (χ0v) is 11.6. The SMILES string of the molecule is CCc1ccccc1S(=O)(=O)N1CCC[C@@H]1C(=O)O. The van der Waals surface area contributed by atoms with Crippen molar-refractivity contribution in [2.75, 3.05) is 6.54 Å². The van der Waals surface area contributed by atoms with Crippen LogP contribution >= 0.6 is 0 Å². The van der Waals surface area contributed by atoms with Gasteiger partial charge in [0.1, 0.15) is 6.04 Å². The Kier molecular flexibility index (Phi) is 3.91. The summed E-state index contributed by atoms with van der Waals surface area (Å²) < 4.78 is 26.3. The van der Waals surface area contributed by atoms with Crippen molar-refractivity contribution in [3.63, 3.8) is 0 Å². The molecule has 1 fully saturated rings. The average Bonchev–Trinajstić information content (AvgIpc) is 2.88. The molecule has 6 heteroatoms. The van der Waals surface area contributed by atoms with Gasteiger partial charge in [0.15, 0.2) is 0 Å². The van der Waals surface area contributed by atoms with E-state index >= 15 is 0 Å². The zero-order chi connectivity index (χ0) is 14.0. The zero-order valence-electron chi connectivity index (χ0n) is 10.7. The molecule has 104 valence electrons. The van der Waals surface area contributed by atoms with E-state index in [2.05, 4.69) is 0 Å². The minimum atomic E-state index is -3.72. The van der Waals surface area contributed by atoms with Crippen LogP contribution in [0.3, 0.4) is 0 Å². The normalized spacial score (nSPS) is 20.6. The Hall–Kier alpha value is -1.40. The molecule has 1 aliphatic rings. The summed E-state index contributed by atoms with van der Waals surface area (Å²) in [5.41, 5.74) is 0.721. The monoisotopic (exact) mass is 283 g/mol. The summed E-state index contributed by atoms with van der Waals surface area (Å²) >= 11 is 0. The number of benzene rings is 1. The summed E-state index contributed by atoms with van der Waals surface area (Å²) in [7, 11) is -3.72. The Balaban J connectivity index is 2.45. The van der Waals surface area contributed by atoms with Gasteiger partial charge in [-0.1, -0.05) is 25.1 Å². The molecule has 0 unspecified atom stereocenters. The van der Waals surface area contributed by atoms with Crippen molar-refractivity contribution in [3.8, 4) is 0 Å². The highest BCUT2D eigenvalue weighted by Crippen LogP contribution is 2.28. The highest BCUT2D eigenvalue weighted by molar-refractivity contribution is 7.89. The molecule has 19 heavy (non-hydrogen) atoms. The van der Waals surface area contributed by atoms with Gasteiger partial charge < -0.3 is 5.11 Å². The molecule has 2 rings (SSSR count). The Labute approximate surface area is 112 Å². The summed E-state index contributed by atoms with van der Waals surface area (Å²) in [6, 6.07) is 5.83. The van der Waals surface area contributed by atoms with E-state index in [9.17, 15) is 13.2 Å².